The molecular formula is C29H32F3NO3. The topological polar surface area (TPSA) is 38.8 Å². The van der Waals surface area contributed by atoms with Crippen LogP contribution >= 0.6 is 0 Å². The third kappa shape index (κ3) is 7.10. The van der Waals surface area contributed by atoms with Gasteiger partial charge in [-0.2, -0.15) is 13.2 Å². The number of allylic oxidation sites excluding steroid dienone is 11. The number of alkyl halides is 3. The summed E-state index contributed by atoms with van der Waals surface area (Å²) in [5, 5.41) is 0. The number of aldehydes is 1. The lowest BCUT2D eigenvalue weighted by Gasteiger charge is -2.29. The van der Waals surface area contributed by atoms with E-state index in [2.05, 4.69) is 11.0 Å². The Morgan fingerprint density at radius 3 is 2.56 bits per heavy atom. The van der Waals surface area contributed by atoms with Gasteiger partial charge in [-0.05, 0) is 66.7 Å². The van der Waals surface area contributed by atoms with Gasteiger partial charge < -0.3 is 14.4 Å². The zero-order valence-corrected chi connectivity index (χ0v) is 20.9. The molecule has 7 heteroatoms. The van der Waals surface area contributed by atoms with E-state index in [1.165, 1.54) is 6.08 Å². The van der Waals surface area contributed by atoms with E-state index in [1.807, 2.05) is 50.3 Å². The summed E-state index contributed by atoms with van der Waals surface area (Å²) >= 11 is 0. The normalized spacial score (nSPS) is 16.1. The molecular weight excluding hydrogens is 467 g/mol. The number of methoxy groups -OCH3 is 1. The summed E-state index contributed by atoms with van der Waals surface area (Å²) in [6.45, 7) is 5.74. The van der Waals surface area contributed by atoms with Gasteiger partial charge in [-0.1, -0.05) is 48.6 Å². The highest BCUT2D eigenvalue weighted by molar-refractivity contribution is 5.56. The highest BCUT2D eigenvalue weighted by Crippen LogP contribution is 2.33. The molecule has 36 heavy (non-hydrogen) atoms. The van der Waals surface area contributed by atoms with Crippen molar-refractivity contribution in [1.82, 2.24) is 4.90 Å². The Balaban J connectivity index is 1.91. The Morgan fingerprint density at radius 2 is 1.86 bits per heavy atom. The van der Waals surface area contributed by atoms with E-state index in [0.29, 0.717) is 31.9 Å². The van der Waals surface area contributed by atoms with Gasteiger partial charge in [-0.15, -0.1) is 0 Å². The molecule has 0 heterocycles. The molecule has 192 valence electrons. The minimum absolute atomic E-state index is 0.0110. The quantitative estimate of drug-likeness (QED) is 0.342. The van der Waals surface area contributed by atoms with Crippen LogP contribution in [0, 0.1) is 6.92 Å². The summed E-state index contributed by atoms with van der Waals surface area (Å²) in [6, 6.07) is 5.88. The molecule has 0 atom stereocenters. The van der Waals surface area contributed by atoms with Crippen molar-refractivity contribution >= 4 is 6.29 Å². The summed E-state index contributed by atoms with van der Waals surface area (Å²) in [5.74, 6) is 0.671. The van der Waals surface area contributed by atoms with Gasteiger partial charge in [0, 0.05) is 25.9 Å². The van der Waals surface area contributed by atoms with Crippen LogP contribution < -0.4 is 4.74 Å². The average molecular weight is 500 g/mol. The number of halogens is 3. The van der Waals surface area contributed by atoms with E-state index < -0.39 is 11.7 Å². The number of carbonyl (C=O) groups excluding carboxylic acids is 1. The van der Waals surface area contributed by atoms with E-state index in [0.717, 1.165) is 45.9 Å². The van der Waals surface area contributed by atoms with Crippen molar-refractivity contribution in [3.05, 3.63) is 99.8 Å². The van der Waals surface area contributed by atoms with Crippen molar-refractivity contribution in [3.63, 3.8) is 0 Å². The van der Waals surface area contributed by atoms with Crippen molar-refractivity contribution < 1.29 is 27.4 Å². The second kappa shape index (κ2) is 12.6. The summed E-state index contributed by atoms with van der Waals surface area (Å²) in [5.41, 5.74) is 5.07. The van der Waals surface area contributed by atoms with Crippen LogP contribution in [0.4, 0.5) is 13.2 Å². The molecule has 4 nitrogen and oxygen atoms in total. The van der Waals surface area contributed by atoms with Crippen LogP contribution in [0.5, 0.6) is 5.75 Å². The van der Waals surface area contributed by atoms with Gasteiger partial charge >= 0.3 is 6.18 Å². The molecule has 0 radical (unpaired) electrons. The van der Waals surface area contributed by atoms with Gasteiger partial charge in [-0.25, -0.2) is 0 Å². The molecule has 1 aromatic carbocycles. The maximum atomic E-state index is 13.2. The predicted molar refractivity (Wildman–Crippen MR) is 136 cm³/mol. The molecule has 0 spiro atoms. The number of carbonyl (C=O) groups is 1. The predicted octanol–water partition coefficient (Wildman–Crippen LogP) is 6.56. The lowest BCUT2D eigenvalue weighted by atomic mass is 9.97. The van der Waals surface area contributed by atoms with E-state index >= 15 is 0 Å². The molecule has 0 fully saturated rings. The number of hydrogen-bond acceptors (Lipinski definition) is 4. The third-order valence-corrected chi connectivity index (χ3v) is 6.10. The van der Waals surface area contributed by atoms with Crippen LogP contribution in [0.2, 0.25) is 0 Å². The fourth-order valence-electron chi connectivity index (χ4n) is 4.30. The highest BCUT2D eigenvalue weighted by Gasteiger charge is 2.31. The van der Waals surface area contributed by atoms with Crippen LogP contribution in [-0.4, -0.2) is 44.2 Å². The second-order valence-electron chi connectivity index (χ2n) is 8.64. The van der Waals surface area contributed by atoms with Crippen LogP contribution in [0.1, 0.15) is 30.9 Å². The lowest BCUT2D eigenvalue weighted by molar-refractivity contribution is -0.109. The Kier molecular flexibility index (Phi) is 9.53. The standard InChI is InChI=1S/C29H32F3NO3/c1-21-19-23(11-14-28(21)36-18-16-34)20-33(15-17-35-3)27-10-5-4-9-26(22(27)2)24-7-6-8-25(13-12-24)29(30,31)32/h4,7-14,16,19H,5-6,15,17-18,20H2,1-3H3. The van der Waals surface area contributed by atoms with Crippen LogP contribution in [0.15, 0.2) is 88.7 Å². The molecule has 3 rings (SSSR count). The van der Waals surface area contributed by atoms with Gasteiger partial charge in [0.15, 0.2) is 6.29 Å². The summed E-state index contributed by atoms with van der Waals surface area (Å²) in [7, 11) is 1.66. The summed E-state index contributed by atoms with van der Waals surface area (Å²) in [4.78, 5) is 12.9. The molecule has 0 saturated heterocycles. The molecule has 0 unspecified atom stereocenters. The van der Waals surface area contributed by atoms with Crippen molar-refractivity contribution in [2.75, 3.05) is 26.9 Å². The van der Waals surface area contributed by atoms with Gasteiger partial charge in [0.2, 0.25) is 0 Å². The lowest BCUT2D eigenvalue weighted by Crippen LogP contribution is -2.27. The Labute approximate surface area is 210 Å². The van der Waals surface area contributed by atoms with Crippen molar-refractivity contribution in [2.45, 2.75) is 39.4 Å². The number of benzene rings is 1. The second-order valence-corrected chi connectivity index (χ2v) is 8.64. The molecule has 2 aliphatic rings. The molecule has 0 N–H and O–H groups in total. The van der Waals surface area contributed by atoms with Gasteiger partial charge in [0.25, 0.3) is 0 Å². The Bertz CT molecular complexity index is 1140. The number of ether oxygens (including phenoxy) is 2. The Morgan fingerprint density at radius 1 is 1.06 bits per heavy atom. The number of aryl methyl sites for hydroxylation is 1. The van der Waals surface area contributed by atoms with Gasteiger partial charge in [0.05, 0.1) is 12.2 Å². The SMILES string of the molecule is COCCN(Cc1ccc(OCC=O)c(C)c1)C1=CCC=CC(C2=CCC=C(C(F)(F)F)C=C2)=C1C. The summed E-state index contributed by atoms with van der Waals surface area (Å²) in [6.07, 6.45) is 9.20. The molecule has 0 amide bonds. The highest BCUT2D eigenvalue weighted by atomic mass is 19.4. The van der Waals surface area contributed by atoms with E-state index in [4.69, 9.17) is 9.47 Å². The molecule has 1 aromatic rings. The first-order chi connectivity index (χ1) is 17.2. The zero-order valence-electron chi connectivity index (χ0n) is 20.9. The number of hydrogen-bond donors (Lipinski definition) is 0. The first kappa shape index (κ1) is 27.3. The Hall–Kier alpha value is -3.32. The molecule has 0 saturated carbocycles. The first-order valence-corrected chi connectivity index (χ1v) is 11.9. The molecule has 2 aliphatic carbocycles. The maximum Gasteiger partial charge on any atom is 0.416 e. The van der Waals surface area contributed by atoms with E-state index in [-0.39, 0.29) is 13.0 Å². The van der Waals surface area contributed by atoms with E-state index in [1.54, 1.807) is 13.2 Å². The van der Waals surface area contributed by atoms with E-state index in [9.17, 15) is 18.0 Å². The zero-order chi connectivity index (χ0) is 26.1. The molecule has 0 aliphatic heterocycles. The van der Waals surface area contributed by atoms with Crippen molar-refractivity contribution in [2.24, 2.45) is 0 Å². The van der Waals surface area contributed by atoms with Crippen molar-refractivity contribution in [3.8, 4) is 5.75 Å². The first-order valence-electron chi connectivity index (χ1n) is 11.9. The van der Waals surface area contributed by atoms with Gasteiger partial charge in [0.1, 0.15) is 12.4 Å². The largest absolute Gasteiger partial charge is 0.486 e. The smallest absolute Gasteiger partial charge is 0.416 e. The number of nitrogens with zero attached hydrogens (tertiary/aromatic N) is 1. The minimum Gasteiger partial charge on any atom is -0.486 e. The summed E-state index contributed by atoms with van der Waals surface area (Å²) < 4.78 is 50.5. The van der Waals surface area contributed by atoms with Gasteiger partial charge in [-0.3, -0.25) is 4.79 Å². The fraction of sp³-hybridized carbons (Fsp3) is 0.345. The van der Waals surface area contributed by atoms with Crippen LogP contribution in [-0.2, 0) is 16.1 Å². The molecule has 0 bridgehead atoms. The monoisotopic (exact) mass is 499 g/mol. The third-order valence-electron chi connectivity index (χ3n) is 6.10. The van der Waals surface area contributed by atoms with Crippen LogP contribution in [0.3, 0.4) is 0 Å². The van der Waals surface area contributed by atoms with Crippen LogP contribution in [0.25, 0.3) is 0 Å². The maximum absolute atomic E-state index is 13.2. The molecule has 0 aromatic heterocycles. The number of rotatable bonds is 10. The average Bonchev–Trinajstić information content (AvgIpc) is 3.20. The van der Waals surface area contributed by atoms with Crippen molar-refractivity contribution in [1.29, 1.82) is 0 Å². The fourth-order valence-corrected chi connectivity index (χ4v) is 4.30. The minimum atomic E-state index is -4.36.